The fourth-order valence-corrected chi connectivity index (χ4v) is 4.63. The van der Waals surface area contributed by atoms with Crippen molar-refractivity contribution in [3.05, 3.63) is 70.9 Å². The third kappa shape index (κ3) is 5.38. The van der Waals surface area contributed by atoms with Crippen LogP contribution in [0.5, 0.6) is 0 Å². The van der Waals surface area contributed by atoms with Crippen LogP contribution in [-0.4, -0.2) is 20.6 Å². The average molecular weight is 411 g/mol. The van der Waals surface area contributed by atoms with Crippen LogP contribution in [0.4, 0.5) is 4.79 Å². The minimum Gasteiger partial charge on any atom is -0.442 e. The van der Waals surface area contributed by atoms with Crippen LogP contribution in [0.1, 0.15) is 48.0 Å². The molecular weight excluding hydrogens is 384 g/mol. The highest BCUT2D eigenvalue weighted by molar-refractivity contribution is 7.99. The first kappa shape index (κ1) is 20.9. The number of ether oxygens (including phenoxy) is 1. The number of carbonyl (C=O) groups is 1. The highest BCUT2D eigenvalue weighted by Gasteiger charge is 2.21. The maximum Gasteiger partial charge on any atom is 0.404 e. The monoisotopic (exact) mass is 410 g/mol. The molecule has 0 aliphatic heterocycles. The van der Waals surface area contributed by atoms with Crippen LogP contribution in [0, 0.1) is 13.8 Å². The Morgan fingerprint density at radius 2 is 1.83 bits per heavy atom. The lowest BCUT2D eigenvalue weighted by molar-refractivity contribution is 0.146. The number of imidazole rings is 1. The molecule has 29 heavy (non-hydrogen) atoms. The minimum absolute atomic E-state index is 0.0353. The number of amides is 1. The molecule has 0 spiro atoms. The Bertz CT molecular complexity index is 979. The van der Waals surface area contributed by atoms with Crippen molar-refractivity contribution in [3.63, 3.8) is 0 Å². The maximum absolute atomic E-state index is 11.2. The summed E-state index contributed by atoms with van der Waals surface area (Å²) in [6.45, 7) is 9.12. The van der Waals surface area contributed by atoms with Crippen molar-refractivity contribution in [2.45, 2.75) is 56.7 Å². The van der Waals surface area contributed by atoms with E-state index < -0.39 is 6.09 Å². The van der Waals surface area contributed by atoms with Gasteiger partial charge in [-0.3, -0.25) is 4.98 Å². The Kier molecular flexibility index (Phi) is 6.59. The van der Waals surface area contributed by atoms with Gasteiger partial charge in [0.05, 0.1) is 5.69 Å². The first-order valence-corrected chi connectivity index (χ1v) is 10.3. The molecule has 0 atom stereocenters. The van der Waals surface area contributed by atoms with E-state index in [1.165, 1.54) is 11.1 Å². The second kappa shape index (κ2) is 9.13. The Hall–Kier alpha value is -2.80. The van der Waals surface area contributed by atoms with Gasteiger partial charge in [-0.2, -0.15) is 0 Å². The summed E-state index contributed by atoms with van der Waals surface area (Å²) in [5.74, 6) is 0.913. The lowest BCUT2D eigenvalue weighted by atomic mass is 10.1. The number of pyridine rings is 1. The number of carbonyl (C=O) groups excluding carboxylic acids is 1. The predicted octanol–water partition coefficient (Wildman–Crippen LogP) is 4.81. The summed E-state index contributed by atoms with van der Waals surface area (Å²) >= 11 is 1.63. The molecule has 1 amide bonds. The molecule has 0 bridgehead atoms. The first-order valence-electron chi connectivity index (χ1n) is 9.50. The van der Waals surface area contributed by atoms with E-state index in [0.717, 1.165) is 21.2 Å². The zero-order valence-corrected chi connectivity index (χ0v) is 18.0. The number of primary amides is 1. The van der Waals surface area contributed by atoms with Crippen LogP contribution in [0.2, 0.25) is 0 Å². The van der Waals surface area contributed by atoms with Gasteiger partial charge in [0.15, 0.2) is 6.61 Å². The van der Waals surface area contributed by atoms with Gasteiger partial charge in [-0.15, -0.1) is 0 Å². The first-order chi connectivity index (χ1) is 13.8. The summed E-state index contributed by atoms with van der Waals surface area (Å²) in [5.41, 5.74) is 9.83. The molecule has 6 nitrogen and oxygen atoms in total. The van der Waals surface area contributed by atoms with Crippen LogP contribution in [0.3, 0.4) is 0 Å². The molecule has 2 aromatic heterocycles. The molecular formula is C22H26N4O2S. The van der Waals surface area contributed by atoms with E-state index in [9.17, 15) is 4.79 Å². The van der Waals surface area contributed by atoms with Crippen molar-refractivity contribution >= 4 is 17.9 Å². The van der Waals surface area contributed by atoms with Gasteiger partial charge in [-0.25, -0.2) is 9.78 Å². The quantitative estimate of drug-likeness (QED) is 0.604. The third-order valence-corrected chi connectivity index (χ3v) is 5.41. The molecule has 0 saturated heterocycles. The number of aromatic nitrogens is 3. The lowest BCUT2D eigenvalue weighted by Crippen LogP contribution is -2.16. The molecule has 3 aromatic rings. The van der Waals surface area contributed by atoms with E-state index in [2.05, 4.69) is 55.4 Å². The van der Waals surface area contributed by atoms with Gasteiger partial charge in [-0.05, 0) is 60.7 Å². The molecule has 1 aromatic carbocycles. The molecule has 0 unspecified atom stereocenters. The van der Waals surface area contributed by atoms with Gasteiger partial charge in [0.25, 0.3) is 0 Å². The van der Waals surface area contributed by atoms with Crippen LogP contribution in [0.25, 0.3) is 0 Å². The van der Waals surface area contributed by atoms with Gasteiger partial charge < -0.3 is 15.0 Å². The number of nitrogens with two attached hydrogens (primary N) is 1. The van der Waals surface area contributed by atoms with E-state index in [1.54, 1.807) is 24.2 Å². The summed E-state index contributed by atoms with van der Waals surface area (Å²) in [6.07, 6.45) is 2.73. The molecule has 0 fully saturated rings. The molecule has 7 heteroatoms. The maximum atomic E-state index is 11.2. The van der Waals surface area contributed by atoms with Gasteiger partial charge in [0, 0.05) is 23.8 Å². The molecule has 152 valence electrons. The number of hydrogen-bond acceptors (Lipinski definition) is 5. The molecule has 3 rings (SSSR count). The summed E-state index contributed by atoms with van der Waals surface area (Å²) < 4.78 is 7.20. The fourth-order valence-electron chi connectivity index (χ4n) is 3.32. The van der Waals surface area contributed by atoms with Crippen molar-refractivity contribution in [3.8, 4) is 0 Å². The van der Waals surface area contributed by atoms with Crippen molar-refractivity contribution < 1.29 is 9.53 Å². The predicted molar refractivity (Wildman–Crippen MR) is 114 cm³/mol. The highest BCUT2D eigenvalue weighted by atomic mass is 32.2. The van der Waals surface area contributed by atoms with E-state index in [-0.39, 0.29) is 12.5 Å². The van der Waals surface area contributed by atoms with E-state index in [1.807, 2.05) is 12.1 Å². The fraction of sp³-hybridized carbons (Fsp3) is 0.318. The minimum atomic E-state index is -0.807. The third-order valence-electron chi connectivity index (χ3n) is 4.44. The second-order valence-electron chi connectivity index (χ2n) is 7.35. The highest BCUT2D eigenvalue weighted by Crippen LogP contribution is 2.35. The summed E-state index contributed by atoms with van der Waals surface area (Å²) in [6, 6.07) is 10.4. The molecule has 0 aliphatic rings. The van der Waals surface area contributed by atoms with Crippen molar-refractivity contribution in [1.82, 2.24) is 14.5 Å². The number of rotatable bonds is 7. The summed E-state index contributed by atoms with van der Waals surface area (Å²) in [7, 11) is 0. The zero-order chi connectivity index (χ0) is 21.0. The van der Waals surface area contributed by atoms with Gasteiger partial charge in [-0.1, -0.05) is 31.7 Å². The molecule has 0 radical (unpaired) electrons. The Labute approximate surface area is 175 Å². The molecule has 2 heterocycles. The number of nitrogens with zero attached hydrogens (tertiary/aromatic N) is 3. The lowest BCUT2D eigenvalue weighted by Gasteiger charge is -2.15. The van der Waals surface area contributed by atoms with Gasteiger partial charge >= 0.3 is 6.09 Å². The van der Waals surface area contributed by atoms with Crippen molar-refractivity contribution in [2.75, 3.05) is 0 Å². The molecule has 0 aliphatic carbocycles. The van der Waals surface area contributed by atoms with Gasteiger partial charge in [0.1, 0.15) is 10.9 Å². The SMILES string of the molecule is Cc1cc(C)cc(Sc2nc(COC(N)=O)n(Cc3ccncc3)c2C(C)C)c1. The van der Waals surface area contributed by atoms with Crippen molar-refractivity contribution in [2.24, 2.45) is 5.73 Å². The number of benzene rings is 1. The van der Waals surface area contributed by atoms with E-state index in [0.29, 0.717) is 12.4 Å². The molecule has 2 N–H and O–H groups in total. The standard InChI is InChI=1S/C22H26N4O2S/c1-14(2)20-21(29-18-10-15(3)9-16(4)11-18)25-19(13-28-22(23)27)26(20)12-17-5-7-24-8-6-17/h5-11,14H,12-13H2,1-4H3,(H2,23,27). The van der Waals surface area contributed by atoms with Crippen LogP contribution in [0.15, 0.2) is 52.6 Å². The Morgan fingerprint density at radius 1 is 1.17 bits per heavy atom. The van der Waals surface area contributed by atoms with E-state index >= 15 is 0 Å². The Balaban J connectivity index is 2.04. The topological polar surface area (TPSA) is 83.0 Å². The van der Waals surface area contributed by atoms with Crippen molar-refractivity contribution in [1.29, 1.82) is 0 Å². The average Bonchev–Trinajstić information content (AvgIpc) is 2.97. The van der Waals surface area contributed by atoms with Crippen LogP contribution >= 0.6 is 11.8 Å². The normalized spacial score (nSPS) is 11.1. The van der Waals surface area contributed by atoms with Crippen LogP contribution < -0.4 is 5.73 Å². The number of aryl methyl sites for hydroxylation is 2. The largest absolute Gasteiger partial charge is 0.442 e. The Morgan fingerprint density at radius 3 is 2.41 bits per heavy atom. The molecule has 0 saturated carbocycles. The van der Waals surface area contributed by atoms with Crippen LogP contribution in [-0.2, 0) is 17.9 Å². The summed E-state index contributed by atoms with van der Waals surface area (Å²) in [5, 5.41) is 0.919. The summed E-state index contributed by atoms with van der Waals surface area (Å²) in [4.78, 5) is 21.2. The smallest absolute Gasteiger partial charge is 0.404 e. The second-order valence-corrected chi connectivity index (χ2v) is 8.41. The van der Waals surface area contributed by atoms with Gasteiger partial charge in [0.2, 0.25) is 0 Å². The zero-order valence-electron chi connectivity index (χ0n) is 17.2. The van der Waals surface area contributed by atoms with E-state index in [4.69, 9.17) is 15.5 Å². The number of hydrogen-bond donors (Lipinski definition) is 1.